The summed E-state index contributed by atoms with van der Waals surface area (Å²) in [4.78, 5) is 19.1. The number of carbonyl (C=O) groups is 1. The summed E-state index contributed by atoms with van der Waals surface area (Å²) in [7, 11) is 1.85. The van der Waals surface area contributed by atoms with Gasteiger partial charge in [0.05, 0.1) is 0 Å². The Labute approximate surface area is 134 Å². The van der Waals surface area contributed by atoms with Crippen LogP contribution in [0.5, 0.6) is 0 Å². The Morgan fingerprint density at radius 3 is 2.83 bits per heavy atom. The lowest BCUT2D eigenvalue weighted by Crippen LogP contribution is -2.39. The highest BCUT2D eigenvalue weighted by Gasteiger charge is 2.33. The van der Waals surface area contributed by atoms with Crippen molar-refractivity contribution in [3.8, 4) is 0 Å². The first-order valence-corrected chi connectivity index (χ1v) is 8.25. The van der Waals surface area contributed by atoms with E-state index < -0.39 is 0 Å². The molecule has 1 aliphatic heterocycles. The molecule has 2 aliphatic rings. The van der Waals surface area contributed by atoms with Crippen molar-refractivity contribution in [2.45, 2.75) is 44.4 Å². The van der Waals surface area contributed by atoms with Gasteiger partial charge in [0.1, 0.15) is 0 Å². The van der Waals surface area contributed by atoms with Crippen molar-refractivity contribution in [1.82, 2.24) is 24.8 Å². The molecule has 4 rings (SSSR count). The first kappa shape index (κ1) is 14.4. The normalized spacial score (nSPS) is 21.7. The van der Waals surface area contributed by atoms with Crippen LogP contribution >= 0.6 is 0 Å². The van der Waals surface area contributed by atoms with Gasteiger partial charge in [0.25, 0.3) is 5.91 Å². The quantitative estimate of drug-likeness (QED) is 0.866. The molecule has 3 heterocycles. The fourth-order valence-electron chi connectivity index (χ4n) is 3.11. The SMILES string of the molecule is Cc1cc(C(=O)N2CCCC(c3noc(C4CC4)n3)C2)nn1C. The first-order chi connectivity index (χ1) is 11.1. The Morgan fingerprint density at radius 1 is 1.30 bits per heavy atom. The number of rotatable bonds is 3. The maximum atomic E-state index is 12.7. The van der Waals surface area contributed by atoms with Crippen LogP contribution in [0.1, 0.15) is 65.4 Å². The summed E-state index contributed by atoms with van der Waals surface area (Å²) in [6, 6.07) is 1.84. The van der Waals surface area contributed by atoms with Crippen LogP contribution in [-0.2, 0) is 7.05 Å². The fraction of sp³-hybridized carbons (Fsp3) is 0.625. The number of hydrogen-bond donors (Lipinski definition) is 0. The molecule has 1 unspecified atom stereocenters. The van der Waals surface area contributed by atoms with Crippen molar-refractivity contribution in [1.29, 1.82) is 0 Å². The third-order valence-corrected chi connectivity index (χ3v) is 4.79. The van der Waals surface area contributed by atoms with Crippen LogP contribution in [0.15, 0.2) is 10.6 Å². The highest BCUT2D eigenvalue weighted by Crippen LogP contribution is 2.39. The van der Waals surface area contributed by atoms with Crippen LogP contribution in [0.3, 0.4) is 0 Å². The van der Waals surface area contributed by atoms with Gasteiger partial charge in [-0.05, 0) is 38.7 Å². The van der Waals surface area contributed by atoms with Gasteiger partial charge in [0.2, 0.25) is 5.89 Å². The molecule has 0 N–H and O–H groups in total. The minimum absolute atomic E-state index is 0.00990. The Kier molecular flexibility index (Phi) is 3.43. The van der Waals surface area contributed by atoms with Gasteiger partial charge in [0, 0.05) is 37.7 Å². The molecule has 23 heavy (non-hydrogen) atoms. The van der Waals surface area contributed by atoms with Gasteiger partial charge < -0.3 is 9.42 Å². The van der Waals surface area contributed by atoms with E-state index in [9.17, 15) is 4.79 Å². The minimum Gasteiger partial charge on any atom is -0.339 e. The summed E-state index contributed by atoms with van der Waals surface area (Å²) in [5.74, 6) is 2.14. The molecule has 1 amide bonds. The average Bonchev–Trinajstić information content (AvgIpc) is 3.20. The number of piperidine rings is 1. The smallest absolute Gasteiger partial charge is 0.274 e. The van der Waals surface area contributed by atoms with Crippen molar-refractivity contribution in [3.05, 3.63) is 29.2 Å². The van der Waals surface area contributed by atoms with Crippen LogP contribution in [0.2, 0.25) is 0 Å². The van der Waals surface area contributed by atoms with Crippen molar-refractivity contribution >= 4 is 5.91 Å². The maximum Gasteiger partial charge on any atom is 0.274 e. The van der Waals surface area contributed by atoms with E-state index in [1.807, 2.05) is 24.9 Å². The van der Waals surface area contributed by atoms with E-state index in [0.717, 1.165) is 49.6 Å². The lowest BCUT2D eigenvalue weighted by Gasteiger charge is -2.30. The molecule has 122 valence electrons. The van der Waals surface area contributed by atoms with Crippen molar-refractivity contribution < 1.29 is 9.32 Å². The Bertz CT molecular complexity index is 711. The van der Waals surface area contributed by atoms with Gasteiger partial charge in [-0.3, -0.25) is 9.48 Å². The van der Waals surface area contributed by atoms with Crippen LogP contribution in [-0.4, -0.2) is 43.8 Å². The van der Waals surface area contributed by atoms with Gasteiger partial charge in [-0.2, -0.15) is 10.1 Å². The zero-order valence-corrected chi connectivity index (χ0v) is 13.5. The molecule has 0 aromatic carbocycles. The number of aryl methyl sites for hydroxylation is 2. The van der Waals surface area contributed by atoms with Crippen LogP contribution in [0, 0.1) is 6.92 Å². The van der Waals surface area contributed by atoms with E-state index in [-0.39, 0.29) is 11.8 Å². The number of hydrogen-bond acceptors (Lipinski definition) is 5. The largest absolute Gasteiger partial charge is 0.339 e. The Hall–Kier alpha value is -2.18. The Morgan fingerprint density at radius 2 is 2.13 bits per heavy atom. The van der Waals surface area contributed by atoms with Crippen LogP contribution < -0.4 is 0 Å². The number of carbonyl (C=O) groups excluding carboxylic acids is 1. The molecular weight excluding hydrogens is 294 g/mol. The molecular formula is C16H21N5O2. The molecule has 2 aromatic rings. The monoisotopic (exact) mass is 315 g/mol. The first-order valence-electron chi connectivity index (χ1n) is 8.25. The summed E-state index contributed by atoms with van der Waals surface area (Å²) in [5, 5.41) is 8.44. The van der Waals surface area contributed by atoms with Gasteiger partial charge in [-0.1, -0.05) is 5.16 Å². The highest BCUT2D eigenvalue weighted by molar-refractivity contribution is 5.92. The zero-order valence-electron chi connectivity index (χ0n) is 13.5. The Balaban J connectivity index is 1.48. The summed E-state index contributed by atoms with van der Waals surface area (Å²) < 4.78 is 7.09. The topological polar surface area (TPSA) is 77.1 Å². The molecule has 1 saturated heterocycles. The van der Waals surface area contributed by atoms with Gasteiger partial charge >= 0.3 is 0 Å². The third kappa shape index (κ3) is 2.75. The highest BCUT2D eigenvalue weighted by atomic mass is 16.5. The molecule has 2 aromatic heterocycles. The van der Waals surface area contributed by atoms with E-state index in [0.29, 0.717) is 18.2 Å². The number of aromatic nitrogens is 4. The van der Waals surface area contributed by atoms with Crippen LogP contribution in [0.25, 0.3) is 0 Å². The van der Waals surface area contributed by atoms with Crippen molar-refractivity contribution in [3.63, 3.8) is 0 Å². The number of likely N-dealkylation sites (tertiary alicyclic amines) is 1. The molecule has 0 bridgehead atoms. The van der Waals surface area contributed by atoms with E-state index in [1.54, 1.807) is 4.68 Å². The zero-order chi connectivity index (χ0) is 16.0. The van der Waals surface area contributed by atoms with E-state index in [1.165, 1.54) is 0 Å². The molecule has 1 saturated carbocycles. The lowest BCUT2D eigenvalue weighted by atomic mass is 9.97. The van der Waals surface area contributed by atoms with E-state index >= 15 is 0 Å². The summed E-state index contributed by atoms with van der Waals surface area (Å²) >= 11 is 0. The second kappa shape index (κ2) is 5.47. The number of nitrogens with zero attached hydrogens (tertiary/aromatic N) is 5. The number of amides is 1. The predicted octanol–water partition coefficient (Wildman–Crippen LogP) is 2.01. The van der Waals surface area contributed by atoms with Gasteiger partial charge in [-0.15, -0.1) is 0 Å². The molecule has 0 spiro atoms. The average molecular weight is 315 g/mol. The van der Waals surface area contributed by atoms with Crippen molar-refractivity contribution in [2.75, 3.05) is 13.1 Å². The van der Waals surface area contributed by atoms with E-state index in [2.05, 4.69) is 15.2 Å². The van der Waals surface area contributed by atoms with Crippen molar-refractivity contribution in [2.24, 2.45) is 7.05 Å². The maximum absolute atomic E-state index is 12.7. The predicted molar refractivity (Wildman–Crippen MR) is 82.1 cm³/mol. The minimum atomic E-state index is -0.00990. The van der Waals surface area contributed by atoms with E-state index in [4.69, 9.17) is 4.52 Å². The molecule has 7 nitrogen and oxygen atoms in total. The second-order valence-corrected chi connectivity index (χ2v) is 6.65. The molecule has 1 atom stereocenters. The third-order valence-electron chi connectivity index (χ3n) is 4.79. The fourth-order valence-corrected chi connectivity index (χ4v) is 3.11. The standard InChI is InChI=1S/C16H21N5O2/c1-10-8-13(18-20(10)2)16(22)21-7-3-4-12(9-21)14-17-15(23-19-14)11-5-6-11/h8,11-12H,3-7,9H2,1-2H3. The molecule has 0 radical (unpaired) electrons. The second-order valence-electron chi connectivity index (χ2n) is 6.65. The molecule has 2 fully saturated rings. The van der Waals surface area contributed by atoms with Crippen LogP contribution in [0.4, 0.5) is 0 Å². The molecule has 1 aliphatic carbocycles. The summed E-state index contributed by atoms with van der Waals surface area (Å²) in [5.41, 5.74) is 1.49. The summed E-state index contributed by atoms with van der Waals surface area (Å²) in [6.45, 7) is 3.35. The lowest BCUT2D eigenvalue weighted by molar-refractivity contribution is 0.0697. The summed E-state index contributed by atoms with van der Waals surface area (Å²) in [6.07, 6.45) is 4.25. The van der Waals surface area contributed by atoms with Gasteiger partial charge in [-0.25, -0.2) is 0 Å². The molecule has 7 heteroatoms. The van der Waals surface area contributed by atoms with Gasteiger partial charge in [0.15, 0.2) is 11.5 Å².